The van der Waals surface area contributed by atoms with E-state index in [0.717, 1.165) is 25.7 Å². The number of hydrogen-bond acceptors (Lipinski definition) is 6. The number of rotatable bonds is 7. The van der Waals surface area contributed by atoms with E-state index in [-0.39, 0.29) is 29.8 Å². The SMILES string of the molecule is CC(=O)O[C@H](C(=O)NC1CC1)[C@H](C[C@@H]1CC2(CC2)NC1=O)NC(=O)OC(C)(C)C. The van der Waals surface area contributed by atoms with Crippen LogP contribution in [0.25, 0.3) is 0 Å². The molecule has 9 nitrogen and oxygen atoms in total. The molecule has 0 aromatic carbocycles. The lowest BCUT2D eigenvalue weighted by Gasteiger charge is -2.29. The first-order valence-electron chi connectivity index (χ1n) is 10.3. The highest BCUT2D eigenvalue weighted by Gasteiger charge is 2.53. The Balaban J connectivity index is 1.76. The fourth-order valence-electron chi connectivity index (χ4n) is 3.68. The fraction of sp³-hybridized carbons (Fsp3) is 0.800. The molecular weight excluding hydrogens is 378 g/mol. The van der Waals surface area contributed by atoms with Crippen LogP contribution in [0, 0.1) is 5.92 Å². The Hall–Kier alpha value is -2.32. The zero-order chi connectivity index (χ0) is 21.4. The third-order valence-corrected chi connectivity index (χ3v) is 5.33. The maximum Gasteiger partial charge on any atom is 0.408 e. The number of alkyl carbamates (subject to hydrolysis) is 1. The van der Waals surface area contributed by atoms with Crippen molar-refractivity contribution in [3.8, 4) is 0 Å². The number of amides is 3. The van der Waals surface area contributed by atoms with Gasteiger partial charge in [-0.05, 0) is 59.3 Å². The second kappa shape index (κ2) is 7.84. The van der Waals surface area contributed by atoms with Crippen molar-refractivity contribution in [2.24, 2.45) is 5.92 Å². The lowest BCUT2D eigenvalue weighted by atomic mass is 9.92. The predicted octanol–water partition coefficient (Wildman–Crippen LogP) is 1.15. The Bertz CT molecular complexity index is 693. The van der Waals surface area contributed by atoms with Gasteiger partial charge in [0.25, 0.3) is 5.91 Å². The van der Waals surface area contributed by atoms with Crippen molar-refractivity contribution in [1.29, 1.82) is 0 Å². The maximum absolute atomic E-state index is 12.8. The minimum absolute atomic E-state index is 0.0623. The van der Waals surface area contributed by atoms with Crippen molar-refractivity contribution in [2.75, 3.05) is 0 Å². The Morgan fingerprint density at radius 3 is 2.38 bits per heavy atom. The molecule has 1 spiro atoms. The highest BCUT2D eigenvalue weighted by atomic mass is 16.6. The van der Waals surface area contributed by atoms with Crippen LogP contribution in [0.3, 0.4) is 0 Å². The number of ether oxygens (including phenoxy) is 2. The summed E-state index contributed by atoms with van der Waals surface area (Å²) in [4.78, 5) is 49.2. The average Bonchev–Trinajstić information content (AvgIpc) is 3.47. The number of carbonyl (C=O) groups excluding carboxylic acids is 4. The largest absolute Gasteiger partial charge is 0.450 e. The molecule has 3 fully saturated rings. The first kappa shape index (κ1) is 21.4. The van der Waals surface area contributed by atoms with Crippen molar-refractivity contribution in [2.45, 2.75) is 95.5 Å². The summed E-state index contributed by atoms with van der Waals surface area (Å²) in [5, 5.41) is 8.50. The van der Waals surface area contributed by atoms with Crippen LogP contribution in [0.2, 0.25) is 0 Å². The van der Waals surface area contributed by atoms with E-state index in [4.69, 9.17) is 9.47 Å². The molecule has 3 rings (SSSR count). The van der Waals surface area contributed by atoms with E-state index < -0.39 is 35.7 Å². The summed E-state index contributed by atoms with van der Waals surface area (Å²) in [5.41, 5.74) is -0.865. The lowest BCUT2D eigenvalue weighted by molar-refractivity contribution is -0.156. The molecule has 9 heteroatoms. The molecule has 162 valence electrons. The van der Waals surface area contributed by atoms with Crippen LogP contribution < -0.4 is 16.0 Å². The van der Waals surface area contributed by atoms with Gasteiger partial charge in [0.1, 0.15) is 5.60 Å². The van der Waals surface area contributed by atoms with Gasteiger partial charge in [-0.25, -0.2) is 4.79 Å². The van der Waals surface area contributed by atoms with E-state index >= 15 is 0 Å². The van der Waals surface area contributed by atoms with E-state index in [0.29, 0.717) is 6.42 Å². The minimum Gasteiger partial charge on any atom is -0.450 e. The highest BCUT2D eigenvalue weighted by molar-refractivity contribution is 5.86. The molecule has 3 aliphatic rings. The Morgan fingerprint density at radius 1 is 1.24 bits per heavy atom. The molecule has 2 saturated carbocycles. The van der Waals surface area contributed by atoms with Gasteiger partial charge >= 0.3 is 12.1 Å². The van der Waals surface area contributed by atoms with Crippen LogP contribution in [0.4, 0.5) is 4.79 Å². The van der Waals surface area contributed by atoms with Gasteiger partial charge in [0, 0.05) is 24.4 Å². The van der Waals surface area contributed by atoms with Crippen molar-refractivity contribution < 1.29 is 28.7 Å². The van der Waals surface area contributed by atoms with Gasteiger partial charge in [-0.2, -0.15) is 0 Å². The first-order chi connectivity index (χ1) is 13.5. The van der Waals surface area contributed by atoms with E-state index in [1.165, 1.54) is 6.92 Å². The smallest absolute Gasteiger partial charge is 0.408 e. The number of hydrogen-bond donors (Lipinski definition) is 3. The van der Waals surface area contributed by atoms with Gasteiger partial charge < -0.3 is 25.4 Å². The summed E-state index contributed by atoms with van der Waals surface area (Å²) in [7, 11) is 0. The maximum atomic E-state index is 12.8. The zero-order valence-corrected chi connectivity index (χ0v) is 17.5. The van der Waals surface area contributed by atoms with Crippen LogP contribution in [-0.2, 0) is 23.9 Å². The molecule has 1 heterocycles. The summed E-state index contributed by atoms with van der Waals surface area (Å²) in [6.07, 6.45) is 2.50. The van der Waals surface area contributed by atoms with Gasteiger partial charge in [-0.3, -0.25) is 14.4 Å². The van der Waals surface area contributed by atoms with Crippen LogP contribution in [-0.4, -0.2) is 53.2 Å². The third-order valence-electron chi connectivity index (χ3n) is 5.33. The molecule has 0 unspecified atom stereocenters. The molecule has 3 N–H and O–H groups in total. The van der Waals surface area contributed by atoms with Gasteiger partial charge in [0.15, 0.2) is 6.10 Å². The number of nitrogens with one attached hydrogen (secondary N) is 3. The van der Waals surface area contributed by atoms with E-state index in [9.17, 15) is 19.2 Å². The molecule has 29 heavy (non-hydrogen) atoms. The molecule has 0 aromatic heterocycles. The van der Waals surface area contributed by atoms with Crippen molar-refractivity contribution in [1.82, 2.24) is 16.0 Å². The highest BCUT2D eigenvalue weighted by Crippen LogP contribution is 2.46. The molecule has 0 aromatic rings. The topological polar surface area (TPSA) is 123 Å². The minimum atomic E-state index is -1.23. The average molecular weight is 409 g/mol. The van der Waals surface area contributed by atoms with E-state index in [1.807, 2.05) is 0 Å². The summed E-state index contributed by atoms with van der Waals surface area (Å²) < 4.78 is 10.6. The van der Waals surface area contributed by atoms with Crippen LogP contribution in [0.15, 0.2) is 0 Å². The van der Waals surface area contributed by atoms with Crippen LogP contribution >= 0.6 is 0 Å². The van der Waals surface area contributed by atoms with E-state index in [2.05, 4.69) is 16.0 Å². The summed E-state index contributed by atoms with van der Waals surface area (Å²) >= 11 is 0. The van der Waals surface area contributed by atoms with E-state index in [1.54, 1.807) is 20.8 Å². The number of esters is 1. The second-order valence-electron chi connectivity index (χ2n) is 9.47. The summed E-state index contributed by atoms with van der Waals surface area (Å²) in [5.74, 6) is -1.57. The summed E-state index contributed by atoms with van der Waals surface area (Å²) in [6.45, 7) is 6.40. The summed E-state index contributed by atoms with van der Waals surface area (Å²) in [6, 6.07) is -0.815. The molecule has 3 atom stereocenters. The third kappa shape index (κ3) is 6.08. The van der Waals surface area contributed by atoms with Crippen LogP contribution in [0.5, 0.6) is 0 Å². The molecule has 1 aliphatic heterocycles. The molecular formula is C20H31N3O6. The molecule has 0 radical (unpaired) electrons. The van der Waals surface area contributed by atoms with Crippen molar-refractivity contribution in [3.63, 3.8) is 0 Å². The Labute approximate surface area is 170 Å². The second-order valence-corrected chi connectivity index (χ2v) is 9.47. The molecule has 0 bridgehead atoms. The molecule has 3 amide bonds. The first-order valence-corrected chi connectivity index (χ1v) is 10.3. The Kier molecular flexibility index (Phi) is 5.78. The van der Waals surface area contributed by atoms with Gasteiger partial charge in [-0.15, -0.1) is 0 Å². The Morgan fingerprint density at radius 2 is 1.90 bits per heavy atom. The zero-order valence-electron chi connectivity index (χ0n) is 17.5. The standard InChI is InChI=1S/C20H31N3O6/c1-11(24)28-15(17(26)21-13-5-6-13)14(22-18(27)29-19(2,3)4)9-12-10-20(7-8-20)23-16(12)25/h12-15H,5-10H2,1-4H3,(H,21,26)(H,22,27)(H,23,25)/t12-,14+,15+/m1/s1. The lowest BCUT2D eigenvalue weighted by Crippen LogP contribution is -2.54. The van der Waals surface area contributed by atoms with Crippen molar-refractivity contribution >= 4 is 23.9 Å². The quantitative estimate of drug-likeness (QED) is 0.542. The molecule has 2 aliphatic carbocycles. The monoisotopic (exact) mass is 409 g/mol. The van der Waals surface area contributed by atoms with Crippen LogP contribution in [0.1, 0.15) is 66.2 Å². The normalized spacial score (nSPS) is 24.3. The molecule has 1 saturated heterocycles. The van der Waals surface area contributed by atoms with Gasteiger partial charge in [0.2, 0.25) is 5.91 Å². The predicted molar refractivity (Wildman–Crippen MR) is 103 cm³/mol. The van der Waals surface area contributed by atoms with Gasteiger partial charge in [-0.1, -0.05) is 0 Å². The fourth-order valence-corrected chi connectivity index (χ4v) is 3.68. The number of carbonyl (C=O) groups is 4. The van der Waals surface area contributed by atoms with Gasteiger partial charge in [0.05, 0.1) is 6.04 Å². The van der Waals surface area contributed by atoms with Crippen molar-refractivity contribution in [3.05, 3.63) is 0 Å².